The summed E-state index contributed by atoms with van der Waals surface area (Å²) in [6.45, 7) is 8.60. The van der Waals surface area contributed by atoms with Crippen LogP contribution in [0.15, 0.2) is 46.4 Å². The van der Waals surface area contributed by atoms with E-state index in [4.69, 9.17) is 9.47 Å². The highest BCUT2D eigenvalue weighted by molar-refractivity contribution is 9.10. The molecule has 2 unspecified atom stereocenters. The molecule has 0 spiro atoms. The molecule has 3 rings (SSSR count). The van der Waals surface area contributed by atoms with Gasteiger partial charge in [-0.25, -0.2) is 4.98 Å². The van der Waals surface area contributed by atoms with Crippen LogP contribution >= 0.6 is 15.9 Å². The van der Waals surface area contributed by atoms with E-state index in [1.807, 2.05) is 20.0 Å². The van der Waals surface area contributed by atoms with E-state index >= 15 is 0 Å². The van der Waals surface area contributed by atoms with Crippen LogP contribution in [0.4, 0.5) is 5.82 Å². The van der Waals surface area contributed by atoms with Crippen molar-refractivity contribution in [2.24, 2.45) is 0 Å². The maximum Gasteiger partial charge on any atom is 0.251 e. The molecule has 38 heavy (non-hydrogen) atoms. The number of aliphatic hydroxyl groups is 1. The van der Waals surface area contributed by atoms with Gasteiger partial charge in [-0.1, -0.05) is 13.0 Å². The Bertz CT molecular complexity index is 1130. The molecule has 0 bridgehead atoms. The molecule has 1 aliphatic heterocycles. The molecule has 0 saturated heterocycles. The zero-order chi connectivity index (χ0) is 27.7. The van der Waals surface area contributed by atoms with E-state index in [1.54, 1.807) is 25.4 Å². The van der Waals surface area contributed by atoms with Crippen molar-refractivity contribution in [1.29, 1.82) is 0 Å². The average molecular weight is 591 g/mol. The molecule has 2 aromatic rings. The van der Waals surface area contributed by atoms with E-state index in [1.165, 1.54) is 11.1 Å². The lowest BCUT2D eigenvalue weighted by Crippen LogP contribution is -2.42. The Hall–Kier alpha value is -2.82. The zero-order valence-electron chi connectivity index (χ0n) is 22.9. The Morgan fingerprint density at radius 3 is 2.82 bits per heavy atom. The number of amides is 1. The first kappa shape index (κ1) is 29.7. The maximum absolute atomic E-state index is 12.6. The van der Waals surface area contributed by atoms with Crippen LogP contribution in [-0.4, -0.2) is 73.4 Å². The van der Waals surface area contributed by atoms with Crippen LogP contribution in [0.2, 0.25) is 0 Å². The Balaban J connectivity index is 1.52. The Morgan fingerprint density at radius 1 is 1.32 bits per heavy atom. The number of nitrogens with one attached hydrogen (secondary N) is 3. The maximum atomic E-state index is 12.6. The van der Waals surface area contributed by atoms with Gasteiger partial charge in [0.15, 0.2) is 5.76 Å². The van der Waals surface area contributed by atoms with Crippen molar-refractivity contribution in [3.63, 3.8) is 0 Å². The molecule has 0 radical (unpaired) electrons. The predicted molar refractivity (Wildman–Crippen MR) is 153 cm³/mol. The number of anilines is 1. The van der Waals surface area contributed by atoms with E-state index < -0.39 is 6.10 Å². The molecule has 0 fully saturated rings. The van der Waals surface area contributed by atoms with Crippen LogP contribution in [0.1, 0.15) is 48.7 Å². The number of allylic oxidation sites excluding steroid dienone is 1. The van der Waals surface area contributed by atoms with Crippen molar-refractivity contribution < 1.29 is 19.4 Å². The standard InChI is InChI=1S/C28H40BrN5O4/c1-6-18(2)33-26-13-20(9-11-31-26)28(36)32-14-22(35)16-34-12-10-23-21(15-34)7-8-24(27(23)29)38-17-25(37-5)19(3)30-4/h7-9,11,13,18,22,30,35H,6,10,12,14-17H2,1-5H3,(H,31,33)(H,32,36)/b25-19-. The van der Waals surface area contributed by atoms with Gasteiger partial charge in [0, 0.05) is 56.7 Å². The van der Waals surface area contributed by atoms with Crippen molar-refractivity contribution in [2.75, 3.05) is 45.7 Å². The van der Waals surface area contributed by atoms with Gasteiger partial charge in [0.1, 0.15) is 18.2 Å². The largest absolute Gasteiger partial charge is 0.496 e. The number of β-amino-alcohol motifs (C(OH)–C–C–N with tert-alkyl or cyclic N) is 1. The van der Waals surface area contributed by atoms with Crippen molar-refractivity contribution in [2.45, 2.75) is 52.3 Å². The highest BCUT2D eigenvalue weighted by Gasteiger charge is 2.23. The van der Waals surface area contributed by atoms with E-state index in [0.717, 1.165) is 47.6 Å². The Labute approximate surface area is 234 Å². The number of pyridine rings is 1. The lowest BCUT2D eigenvalue weighted by Gasteiger charge is -2.31. The molecule has 2 heterocycles. The minimum absolute atomic E-state index is 0.177. The number of nitrogens with zero attached hydrogens (tertiary/aromatic N) is 2. The number of aromatic nitrogens is 1. The summed E-state index contributed by atoms with van der Waals surface area (Å²) >= 11 is 3.73. The quantitative estimate of drug-likeness (QED) is 0.262. The van der Waals surface area contributed by atoms with E-state index in [-0.39, 0.29) is 18.5 Å². The first-order chi connectivity index (χ1) is 18.2. The summed E-state index contributed by atoms with van der Waals surface area (Å²) in [6, 6.07) is 7.72. The number of hydrogen-bond acceptors (Lipinski definition) is 8. The lowest BCUT2D eigenvalue weighted by molar-refractivity contribution is 0.0841. The fourth-order valence-corrected chi connectivity index (χ4v) is 4.90. The number of aliphatic hydroxyl groups excluding tert-OH is 1. The van der Waals surface area contributed by atoms with Crippen molar-refractivity contribution in [1.82, 2.24) is 20.5 Å². The number of hydrogen-bond donors (Lipinski definition) is 4. The molecule has 1 aromatic heterocycles. The van der Waals surface area contributed by atoms with Crippen LogP contribution in [0.5, 0.6) is 5.75 Å². The number of benzene rings is 1. The molecule has 1 amide bonds. The minimum Gasteiger partial charge on any atom is -0.496 e. The molecule has 1 aromatic carbocycles. The number of halogens is 1. The number of carbonyl (C=O) groups is 1. The molecule has 208 valence electrons. The van der Waals surface area contributed by atoms with Gasteiger partial charge in [0.25, 0.3) is 5.91 Å². The summed E-state index contributed by atoms with van der Waals surface area (Å²) in [7, 11) is 3.49. The van der Waals surface area contributed by atoms with Crippen LogP contribution < -0.4 is 20.7 Å². The molecule has 4 N–H and O–H groups in total. The van der Waals surface area contributed by atoms with Crippen molar-refractivity contribution >= 4 is 27.7 Å². The average Bonchev–Trinajstić information content (AvgIpc) is 2.92. The highest BCUT2D eigenvalue weighted by Crippen LogP contribution is 2.34. The third-order valence-electron chi connectivity index (χ3n) is 6.77. The summed E-state index contributed by atoms with van der Waals surface area (Å²) in [6.07, 6.45) is 2.73. The second kappa shape index (κ2) is 14.4. The van der Waals surface area contributed by atoms with E-state index in [0.29, 0.717) is 24.5 Å². The number of carbonyl (C=O) groups excluding carboxylic acids is 1. The Kier molecular flexibility index (Phi) is 11.2. The van der Waals surface area contributed by atoms with Crippen molar-refractivity contribution in [3.8, 4) is 5.75 Å². The minimum atomic E-state index is -0.680. The molecular weight excluding hydrogens is 550 g/mol. The third-order valence-corrected chi connectivity index (χ3v) is 7.64. The van der Waals surface area contributed by atoms with Gasteiger partial charge in [0.2, 0.25) is 0 Å². The molecule has 1 aliphatic rings. The molecule has 0 saturated carbocycles. The van der Waals surface area contributed by atoms with Crippen molar-refractivity contribution in [3.05, 3.63) is 63.1 Å². The van der Waals surface area contributed by atoms with Gasteiger partial charge in [-0.3, -0.25) is 9.69 Å². The number of rotatable bonds is 13. The van der Waals surface area contributed by atoms with Gasteiger partial charge in [-0.2, -0.15) is 0 Å². The third kappa shape index (κ3) is 8.09. The second-order valence-corrected chi connectivity index (χ2v) is 10.3. The Morgan fingerprint density at radius 2 is 2.11 bits per heavy atom. The van der Waals surface area contributed by atoms with Crippen LogP contribution in [0.3, 0.4) is 0 Å². The smallest absolute Gasteiger partial charge is 0.251 e. The lowest BCUT2D eigenvalue weighted by atomic mass is 9.99. The molecule has 0 aliphatic carbocycles. The first-order valence-electron chi connectivity index (χ1n) is 13.0. The van der Waals surface area contributed by atoms with Crippen LogP contribution in [-0.2, 0) is 17.7 Å². The number of ether oxygens (including phenoxy) is 2. The summed E-state index contributed by atoms with van der Waals surface area (Å²) < 4.78 is 12.4. The van der Waals surface area contributed by atoms with E-state index in [9.17, 15) is 9.90 Å². The van der Waals surface area contributed by atoms with E-state index in [2.05, 4.69) is 61.7 Å². The summed E-state index contributed by atoms with van der Waals surface area (Å²) in [5.41, 5.74) is 3.85. The van der Waals surface area contributed by atoms with Gasteiger partial charge >= 0.3 is 0 Å². The fraction of sp³-hybridized carbons (Fsp3) is 0.500. The van der Waals surface area contributed by atoms with Gasteiger partial charge in [-0.05, 0) is 71.9 Å². The normalized spacial score (nSPS) is 15.6. The SMILES string of the molecule is CCC(C)Nc1cc(C(=O)NCC(O)CN2CCc3c(ccc(OC/C(OC)=C(\C)NC)c3Br)C2)ccn1. The zero-order valence-corrected chi connectivity index (χ0v) is 24.5. The highest BCUT2D eigenvalue weighted by atomic mass is 79.9. The molecule has 10 heteroatoms. The summed E-state index contributed by atoms with van der Waals surface area (Å²) in [5.74, 6) is 1.96. The number of fused-ring (bicyclic) bond motifs is 1. The first-order valence-corrected chi connectivity index (χ1v) is 13.8. The van der Waals surface area contributed by atoms with Gasteiger partial charge in [-0.15, -0.1) is 0 Å². The van der Waals surface area contributed by atoms with Gasteiger partial charge in [0.05, 0.1) is 17.7 Å². The molecule has 2 atom stereocenters. The molecular formula is C28H40BrN5O4. The van der Waals surface area contributed by atoms with Crippen LogP contribution in [0, 0.1) is 0 Å². The second-order valence-electron chi connectivity index (χ2n) is 9.54. The van der Waals surface area contributed by atoms with Crippen LogP contribution in [0.25, 0.3) is 0 Å². The number of methoxy groups -OCH3 is 1. The summed E-state index contributed by atoms with van der Waals surface area (Å²) in [4.78, 5) is 19.1. The molecule has 9 nitrogen and oxygen atoms in total. The van der Waals surface area contributed by atoms with Gasteiger partial charge < -0.3 is 30.5 Å². The topological polar surface area (TPSA) is 108 Å². The monoisotopic (exact) mass is 589 g/mol. The fourth-order valence-electron chi connectivity index (χ4n) is 4.20. The predicted octanol–water partition coefficient (Wildman–Crippen LogP) is 3.68. The summed E-state index contributed by atoms with van der Waals surface area (Å²) in [5, 5.41) is 19.8.